The van der Waals surface area contributed by atoms with E-state index in [1.807, 2.05) is 13.8 Å². The van der Waals surface area contributed by atoms with Crippen LogP contribution in [-0.2, 0) is 0 Å². The fraction of sp³-hybridized carbons (Fsp3) is 0.500. The molecule has 0 heterocycles. The molecule has 0 radical (unpaired) electrons. The Hall–Kier alpha value is -1.33. The Balaban J connectivity index is 2.97. The molecule has 0 saturated heterocycles. The molecular formula is C14H19F2NO2. The first-order valence-electron chi connectivity index (χ1n) is 6.24. The molecule has 1 aromatic rings. The summed E-state index contributed by atoms with van der Waals surface area (Å²) in [5, 5.41) is 9.00. The first kappa shape index (κ1) is 15.7. The molecule has 0 bridgehead atoms. The lowest BCUT2D eigenvalue weighted by Gasteiger charge is -2.31. The minimum absolute atomic E-state index is 0.0367. The SMILES string of the molecule is CC(C)N(CCO)C(C)C(=O)c1ccc(F)cc1F. The van der Waals surface area contributed by atoms with Crippen LogP contribution in [0.4, 0.5) is 8.78 Å². The number of hydrogen-bond donors (Lipinski definition) is 1. The molecule has 0 aliphatic heterocycles. The van der Waals surface area contributed by atoms with Crippen molar-refractivity contribution in [1.82, 2.24) is 4.90 Å². The number of carbonyl (C=O) groups excluding carboxylic acids is 1. The van der Waals surface area contributed by atoms with E-state index in [2.05, 4.69) is 0 Å². The van der Waals surface area contributed by atoms with Gasteiger partial charge < -0.3 is 5.11 Å². The van der Waals surface area contributed by atoms with Gasteiger partial charge in [0.15, 0.2) is 5.78 Å². The van der Waals surface area contributed by atoms with Crippen molar-refractivity contribution in [2.24, 2.45) is 0 Å². The molecule has 0 fully saturated rings. The number of ketones is 1. The summed E-state index contributed by atoms with van der Waals surface area (Å²) in [6, 6.07) is 2.38. The van der Waals surface area contributed by atoms with E-state index in [1.54, 1.807) is 11.8 Å². The van der Waals surface area contributed by atoms with Gasteiger partial charge in [-0.25, -0.2) is 8.78 Å². The third kappa shape index (κ3) is 3.81. The van der Waals surface area contributed by atoms with Gasteiger partial charge in [-0.3, -0.25) is 9.69 Å². The summed E-state index contributed by atoms with van der Waals surface area (Å²) in [6.45, 7) is 5.68. The van der Waals surface area contributed by atoms with Gasteiger partial charge in [0.25, 0.3) is 0 Å². The van der Waals surface area contributed by atoms with Crippen LogP contribution in [0.25, 0.3) is 0 Å². The van der Waals surface area contributed by atoms with E-state index in [1.165, 1.54) is 0 Å². The number of hydrogen-bond acceptors (Lipinski definition) is 3. The number of nitrogens with zero attached hydrogens (tertiary/aromatic N) is 1. The minimum Gasteiger partial charge on any atom is -0.395 e. The molecule has 106 valence electrons. The number of halogens is 2. The number of Topliss-reactive ketones (excluding diaryl/α,β-unsaturated/α-hetero) is 1. The van der Waals surface area contributed by atoms with E-state index in [9.17, 15) is 13.6 Å². The van der Waals surface area contributed by atoms with Crippen molar-refractivity contribution in [1.29, 1.82) is 0 Å². The summed E-state index contributed by atoms with van der Waals surface area (Å²) < 4.78 is 26.4. The van der Waals surface area contributed by atoms with Gasteiger partial charge in [-0.05, 0) is 32.9 Å². The molecule has 0 aromatic heterocycles. The highest BCUT2D eigenvalue weighted by Crippen LogP contribution is 2.16. The van der Waals surface area contributed by atoms with E-state index in [4.69, 9.17) is 5.11 Å². The Morgan fingerprint density at radius 2 is 1.95 bits per heavy atom. The van der Waals surface area contributed by atoms with Crippen LogP contribution >= 0.6 is 0 Å². The van der Waals surface area contributed by atoms with E-state index >= 15 is 0 Å². The molecule has 1 rings (SSSR count). The van der Waals surface area contributed by atoms with Crippen LogP contribution in [0.1, 0.15) is 31.1 Å². The van der Waals surface area contributed by atoms with E-state index in [0.717, 1.165) is 12.1 Å². The van der Waals surface area contributed by atoms with Crippen molar-refractivity contribution in [3.8, 4) is 0 Å². The average Bonchev–Trinajstić information content (AvgIpc) is 2.34. The van der Waals surface area contributed by atoms with Gasteiger partial charge in [-0.1, -0.05) is 0 Å². The topological polar surface area (TPSA) is 40.5 Å². The van der Waals surface area contributed by atoms with Crippen molar-refractivity contribution >= 4 is 5.78 Å². The molecule has 0 amide bonds. The Labute approximate surface area is 111 Å². The summed E-state index contributed by atoms with van der Waals surface area (Å²) >= 11 is 0. The van der Waals surface area contributed by atoms with Gasteiger partial charge in [-0.15, -0.1) is 0 Å². The fourth-order valence-electron chi connectivity index (χ4n) is 2.08. The zero-order chi connectivity index (χ0) is 14.6. The Morgan fingerprint density at radius 1 is 1.32 bits per heavy atom. The third-order valence-electron chi connectivity index (χ3n) is 3.09. The molecule has 1 N–H and O–H groups in total. The largest absolute Gasteiger partial charge is 0.395 e. The standard InChI is InChI=1S/C14H19F2NO2/c1-9(2)17(6-7-18)10(3)14(19)12-5-4-11(15)8-13(12)16/h4-5,8-10,18H,6-7H2,1-3H3. The summed E-state index contributed by atoms with van der Waals surface area (Å²) in [6.07, 6.45) is 0. The zero-order valence-corrected chi connectivity index (χ0v) is 11.4. The normalized spacial score (nSPS) is 13.1. The number of benzene rings is 1. The predicted octanol–water partition coefficient (Wildman–Crippen LogP) is 2.24. The van der Waals surface area contributed by atoms with Crippen LogP contribution in [-0.4, -0.2) is 41.0 Å². The Morgan fingerprint density at radius 3 is 2.42 bits per heavy atom. The van der Waals surface area contributed by atoms with Crippen LogP contribution in [0.5, 0.6) is 0 Å². The van der Waals surface area contributed by atoms with Crippen LogP contribution in [0.3, 0.4) is 0 Å². The molecular weight excluding hydrogens is 252 g/mol. The maximum Gasteiger partial charge on any atom is 0.182 e. The molecule has 1 atom stereocenters. The maximum absolute atomic E-state index is 13.6. The fourth-order valence-corrected chi connectivity index (χ4v) is 2.08. The van der Waals surface area contributed by atoms with Crippen LogP contribution in [0.2, 0.25) is 0 Å². The van der Waals surface area contributed by atoms with Crippen molar-refractivity contribution in [3.63, 3.8) is 0 Å². The molecule has 19 heavy (non-hydrogen) atoms. The summed E-state index contributed by atoms with van der Waals surface area (Å²) in [4.78, 5) is 14.0. The maximum atomic E-state index is 13.6. The first-order valence-corrected chi connectivity index (χ1v) is 6.24. The number of aliphatic hydroxyl groups is 1. The third-order valence-corrected chi connectivity index (χ3v) is 3.09. The van der Waals surface area contributed by atoms with Gasteiger partial charge in [0.1, 0.15) is 11.6 Å². The lowest BCUT2D eigenvalue weighted by atomic mass is 10.0. The smallest absolute Gasteiger partial charge is 0.182 e. The van der Waals surface area contributed by atoms with Gasteiger partial charge in [0.2, 0.25) is 0 Å². The van der Waals surface area contributed by atoms with E-state index in [-0.39, 0.29) is 18.2 Å². The molecule has 5 heteroatoms. The number of aliphatic hydroxyl groups excluding tert-OH is 1. The molecule has 0 aliphatic rings. The monoisotopic (exact) mass is 271 g/mol. The minimum atomic E-state index is -0.857. The highest BCUT2D eigenvalue weighted by molar-refractivity contribution is 6.00. The summed E-state index contributed by atoms with van der Waals surface area (Å²) in [7, 11) is 0. The van der Waals surface area contributed by atoms with Crippen LogP contribution in [0, 0.1) is 11.6 Å². The molecule has 1 aromatic carbocycles. The molecule has 1 unspecified atom stereocenters. The summed E-state index contributed by atoms with van der Waals surface area (Å²) in [5.74, 6) is -1.98. The van der Waals surface area contributed by atoms with Crippen LogP contribution in [0.15, 0.2) is 18.2 Å². The van der Waals surface area contributed by atoms with Crippen molar-refractivity contribution < 1.29 is 18.7 Å². The van der Waals surface area contributed by atoms with Crippen molar-refractivity contribution in [2.45, 2.75) is 32.9 Å². The van der Waals surface area contributed by atoms with Gasteiger partial charge in [0.05, 0.1) is 18.2 Å². The van der Waals surface area contributed by atoms with Crippen LogP contribution < -0.4 is 0 Å². The zero-order valence-electron chi connectivity index (χ0n) is 11.4. The predicted molar refractivity (Wildman–Crippen MR) is 69.1 cm³/mol. The number of carbonyl (C=O) groups is 1. The molecule has 3 nitrogen and oxygen atoms in total. The Kier molecular flexibility index (Phi) is 5.57. The molecule has 0 saturated carbocycles. The van der Waals surface area contributed by atoms with E-state index in [0.29, 0.717) is 12.6 Å². The van der Waals surface area contributed by atoms with Gasteiger partial charge in [0, 0.05) is 18.7 Å². The van der Waals surface area contributed by atoms with E-state index < -0.39 is 23.5 Å². The van der Waals surface area contributed by atoms with Crippen molar-refractivity contribution in [2.75, 3.05) is 13.2 Å². The molecule has 0 spiro atoms. The van der Waals surface area contributed by atoms with Crippen molar-refractivity contribution in [3.05, 3.63) is 35.4 Å². The highest BCUT2D eigenvalue weighted by atomic mass is 19.1. The first-order chi connectivity index (χ1) is 8.88. The number of rotatable bonds is 6. The molecule has 0 aliphatic carbocycles. The average molecular weight is 271 g/mol. The summed E-state index contributed by atoms with van der Waals surface area (Å²) in [5.41, 5.74) is -0.127. The second-order valence-corrected chi connectivity index (χ2v) is 4.72. The lowest BCUT2D eigenvalue weighted by Crippen LogP contribution is -2.45. The van der Waals surface area contributed by atoms with Gasteiger partial charge in [-0.2, -0.15) is 0 Å². The highest BCUT2D eigenvalue weighted by Gasteiger charge is 2.26. The van der Waals surface area contributed by atoms with Gasteiger partial charge >= 0.3 is 0 Å². The second-order valence-electron chi connectivity index (χ2n) is 4.72. The second kappa shape index (κ2) is 6.73. The lowest BCUT2D eigenvalue weighted by molar-refractivity contribution is 0.0739. The quantitative estimate of drug-likeness (QED) is 0.807. The Bertz CT molecular complexity index is 449.